The Morgan fingerprint density at radius 1 is 1.15 bits per heavy atom. The summed E-state index contributed by atoms with van der Waals surface area (Å²) < 4.78 is 25.9. The summed E-state index contributed by atoms with van der Waals surface area (Å²) in [5, 5.41) is 0. The summed E-state index contributed by atoms with van der Waals surface area (Å²) in [5.74, 6) is -1.20. The van der Waals surface area contributed by atoms with E-state index in [0.29, 0.717) is 21.8 Å². The number of benzene rings is 2. The highest BCUT2D eigenvalue weighted by Gasteiger charge is 2.33. The molecule has 4 rings (SSSR count). The second kappa shape index (κ2) is 8.95. The molecule has 33 heavy (non-hydrogen) atoms. The van der Waals surface area contributed by atoms with E-state index in [1.54, 1.807) is 49.4 Å². The van der Waals surface area contributed by atoms with Crippen LogP contribution < -0.4 is 19.6 Å². The van der Waals surface area contributed by atoms with Crippen molar-refractivity contribution in [2.24, 2.45) is 4.99 Å². The number of aromatic nitrogens is 1. The fourth-order valence-corrected chi connectivity index (χ4v) is 4.66. The van der Waals surface area contributed by atoms with Crippen molar-refractivity contribution < 1.29 is 23.5 Å². The van der Waals surface area contributed by atoms with Gasteiger partial charge in [-0.3, -0.25) is 14.2 Å². The SMILES string of the molecule is COC(=O)C1=C(C)N=c2s/c(=C\c3ccccc3F)c(=O)n2[C@@H]1c1ccc(OC(C)=O)cc1. The van der Waals surface area contributed by atoms with Gasteiger partial charge in [0.2, 0.25) is 0 Å². The maximum atomic E-state index is 14.2. The van der Waals surface area contributed by atoms with Crippen LogP contribution >= 0.6 is 11.3 Å². The first-order valence-electron chi connectivity index (χ1n) is 9.94. The second-order valence-electron chi connectivity index (χ2n) is 7.26. The van der Waals surface area contributed by atoms with Crippen LogP contribution in [-0.4, -0.2) is 23.6 Å². The number of methoxy groups -OCH3 is 1. The highest BCUT2D eigenvalue weighted by atomic mass is 32.1. The van der Waals surface area contributed by atoms with Gasteiger partial charge < -0.3 is 9.47 Å². The van der Waals surface area contributed by atoms with E-state index >= 15 is 0 Å². The van der Waals surface area contributed by atoms with Gasteiger partial charge in [-0.2, -0.15) is 0 Å². The summed E-state index contributed by atoms with van der Waals surface area (Å²) in [7, 11) is 1.26. The Hall–Kier alpha value is -3.85. The van der Waals surface area contributed by atoms with E-state index in [-0.39, 0.29) is 15.7 Å². The molecule has 0 fully saturated rings. The quantitative estimate of drug-likeness (QED) is 0.436. The summed E-state index contributed by atoms with van der Waals surface area (Å²) in [6.07, 6.45) is 1.47. The maximum absolute atomic E-state index is 14.2. The molecule has 0 saturated heterocycles. The Labute approximate surface area is 191 Å². The zero-order valence-corrected chi connectivity index (χ0v) is 18.8. The molecule has 0 unspecified atom stereocenters. The Kier molecular flexibility index (Phi) is 6.06. The van der Waals surface area contributed by atoms with E-state index in [1.165, 1.54) is 30.7 Å². The molecule has 0 spiro atoms. The minimum Gasteiger partial charge on any atom is -0.466 e. The summed E-state index contributed by atoms with van der Waals surface area (Å²) >= 11 is 1.11. The van der Waals surface area contributed by atoms with Crippen molar-refractivity contribution in [2.75, 3.05) is 7.11 Å². The van der Waals surface area contributed by atoms with E-state index in [1.807, 2.05) is 0 Å². The van der Waals surface area contributed by atoms with Crippen LogP contribution in [0.15, 0.2) is 69.6 Å². The molecule has 1 aliphatic heterocycles. The number of hydrogen-bond acceptors (Lipinski definition) is 7. The number of carbonyl (C=O) groups excluding carboxylic acids is 2. The Balaban J connectivity index is 1.93. The van der Waals surface area contributed by atoms with E-state index in [9.17, 15) is 18.8 Å². The fourth-order valence-electron chi connectivity index (χ4n) is 3.63. The minimum atomic E-state index is -0.817. The van der Waals surface area contributed by atoms with Gasteiger partial charge in [-0.1, -0.05) is 41.7 Å². The van der Waals surface area contributed by atoms with Crippen molar-refractivity contribution in [3.8, 4) is 5.75 Å². The highest BCUT2D eigenvalue weighted by Crippen LogP contribution is 2.31. The molecule has 0 radical (unpaired) electrons. The molecule has 0 bridgehead atoms. The van der Waals surface area contributed by atoms with Crippen molar-refractivity contribution in [1.29, 1.82) is 0 Å². The number of halogens is 1. The van der Waals surface area contributed by atoms with E-state index < -0.39 is 29.4 Å². The van der Waals surface area contributed by atoms with Crippen LogP contribution in [0, 0.1) is 5.82 Å². The van der Waals surface area contributed by atoms with Gasteiger partial charge in [0.25, 0.3) is 5.56 Å². The van der Waals surface area contributed by atoms with Crippen LogP contribution in [0.2, 0.25) is 0 Å². The molecule has 3 aromatic rings. The molecular weight excluding hydrogens is 447 g/mol. The van der Waals surface area contributed by atoms with Gasteiger partial charge in [0.05, 0.1) is 29.0 Å². The molecule has 0 aliphatic carbocycles. The zero-order chi connectivity index (χ0) is 23.7. The number of hydrogen-bond donors (Lipinski definition) is 0. The maximum Gasteiger partial charge on any atom is 0.338 e. The largest absolute Gasteiger partial charge is 0.466 e. The van der Waals surface area contributed by atoms with Crippen LogP contribution in [0.4, 0.5) is 4.39 Å². The number of ether oxygens (including phenoxy) is 2. The standard InChI is InChI=1S/C24H19FN2O5S/c1-13-20(23(30)31-3)21(15-8-10-17(11-9-15)32-14(2)28)27-22(29)19(33-24(27)26-13)12-16-6-4-5-7-18(16)25/h4-12,21H,1-3H3/b19-12-/t21-/m1/s1. The van der Waals surface area contributed by atoms with Crippen LogP contribution in [0.5, 0.6) is 5.75 Å². The molecule has 9 heteroatoms. The zero-order valence-electron chi connectivity index (χ0n) is 18.0. The van der Waals surface area contributed by atoms with Gasteiger partial charge in [-0.05, 0) is 36.8 Å². The lowest BCUT2D eigenvalue weighted by Crippen LogP contribution is -2.39. The van der Waals surface area contributed by atoms with Crippen molar-refractivity contribution in [3.05, 3.63) is 96.4 Å². The van der Waals surface area contributed by atoms with Crippen molar-refractivity contribution >= 4 is 29.4 Å². The monoisotopic (exact) mass is 466 g/mol. The molecule has 0 N–H and O–H groups in total. The van der Waals surface area contributed by atoms with Gasteiger partial charge >= 0.3 is 11.9 Å². The van der Waals surface area contributed by atoms with Gasteiger partial charge in [-0.15, -0.1) is 0 Å². The normalized spacial score (nSPS) is 15.6. The third kappa shape index (κ3) is 4.27. The molecule has 1 atom stereocenters. The summed E-state index contributed by atoms with van der Waals surface area (Å²) in [6.45, 7) is 2.96. The number of fused-ring (bicyclic) bond motifs is 1. The average molecular weight is 466 g/mol. The first kappa shape index (κ1) is 22.3. The fraction of sp³-hybridized carbons (Fsp3) is 0.167. The molecule has 2 heterocycles. The topological polar surface area (TPSA) is 87.0 Å². The summed E-state index contributed by atoms with van der Waals surface area (Å²) in [4.78, 5) is 42.1. The molecule has 0 amide bonds. The minimum absolute atomic E-state index is 0.211. The number of rotatable bonds is 4. The lowest BCUT2D eigenvalue weighted by molar-refractivity contribution is -0.136. The van der Waals surface area contributed by atoms with Crippen LogP contribution in [0.25, 0.3) is 6.08 Å². The number of carbonyl (C=O) groups is 2. The predicted molar refractivity (Wildman–Crippen MR) is 120 cm³/mol. The Bertz CT molecular complexity index is 1470. The third-order valence-corrected chi connectivity index (χ3v) is 6.06. The summed E-state index contributed by atoms with van der Waals surface area (Å²) in [6, 6.07) is 11.8. The Morgan fingerprint density at radius 3 is 2.48 bits per heavy atom. The molecule has 168 valence electrons. The van der Waals surface area contributed by atoms with Gasteiger partial charge in [-0.25, -0.2) is 14.2 Å². The average Bonchev–Trinajstić information content (AvgIpc) is 3.08. The highest BCUT2D eigenvalue weighted by molar-refractivity contribution is 7.07. The van der Waals surface area contributed by atoms with Crippen molar-refractivity contribution in [2.45, 2.75) is 19.9 Å². The van der Waals surface area contributed by atoms with Crippen molar-refractivity contribution in [3.63, 3.8) is 0 Å². The predicted octanol–water partition coefficient (Wildman–Crippen LogP) is 2.47. The number of thiazole rings is 1. The van der Waals surface area contributed by atoms with Gasteiger partial charge in [0, 0.05) is 12.5 Å². The van der Waals surface area contributed by atoms with Crippen LogP contribution in [-0.2, 0) is 14.3 Å². The van der Waals surface area contributed by atoms with Crippen LogP contribution in [0.1, 0.15) is 31.0 Å². The molecule has 2 aromatic carbocycles. The number of allylic oxidation sites excluding steroid dienone is 1. The second-order valence-corrected chi connectivity index (χ2v) is 8.27. The number of nitrogens with zero attached hydrogens (tertiary/aromatic N) is 2. The molecular formula is C24H19FN2O5S. The van der Waals surface area contributed by atoms with E-state index in [0.717, 1.165) is 11.3 Å². The smallest absolute Gasteiger partial charge is 0.338 e. The van der Waals surface area contributed by atoms with Crippen molar-refractivity contribution in [1.82, 2.24) is 4.57 Å². The first-order valence-corrected chi connectivity index (χ1v) is 10.8. The van der Waals surface area contributed by atoms with Crippen LogP contribution in [0.3, 0.4) is 0 Å². The van der Waals surface area contributed by atoms with Gasteiger partial charge in [0.15, 0.2) is 4.80 Å². The molecule has 1 aliphatic rings. The molecule has 7 nitrogen and oxygen atoms in total. The molecule has 0 saturated carbocycles. The lowest BCUT2D eigenvalue weighted by atomic mass is 9.96. The third-order valence-electron chi connectivity index (χ3n) is 5.08. The molecule has 1 aromatic heterocycles. The van der Waals surface area contributed by atoms with Gasteiger partial charge in [0.1, 0.15) is 11.6 Å². The van der Waals surface area contributed by atoms with E-state index in [2.05, 4.69) is 4.99 Å². The first-order chi connectivity index (χ1) is 15.8. The Morgan fingerprint density at radius 2 is 1.85 bits per heavy atom. The number of esters is 2. The summed E-state index contributed by atoms with van der Waals surface area (Å²) in [5.41, 5.74) is 1.08. The van der Waals surface area contributed by atoms with E-state index in [4.69, 9.17) is 9.47 Å². The lowest BCUT2D eigenvalue weighted by Gasteiger charge is -2.24.